The van der Waals surface area contributed by atoms with Crippen LogP contribution < -0.4 is 0 Å². The SMILES string of the molecule is CO[C@@H]1C[C@H](C[C@@H](C)[C@@H]2CC(=NI)[C@H](C)/C=C(\C)[C@@H](O)[C@@H](OC)C(=O)[C@H](C)C[C@H](C)/C=C/C=C/C=C(\C)[C@@H](O)C[C@@H]3CC[C@@H](C)[C@@](O)(O3)C(=O)C(=O)N3CCCC[C@H]3C(=O)O2)CC[C@H]1O. The molecule has 4 aliphatic rings. The van der Waals surface area contributed by atoms with Crippen LogP contribution >= 0.6 is 22.9 Å². The summed E-state index contributed by atoms with van der Waals surface area (Å²) >= 11 is 1.93. The summed E-state index contributed by atoms with van der Waals surface area (Å²) in [4.78, 5) is 57.8. The van der Waals surface area contributed by atoms with Crippen molar-refractivity contribution in [2.24, 2.45) is 38.7 Å². The summed E-state index contributed by atoms with van der Waals surface area (Å²) in [6, 6.07) is -1.09. The summed E-state index contributed by atoms with van der Waals surface area (Å²) < 4.78 is 28.3. The van der Waals surface area contributed by atoms with Crippen molar-refractivity contribution in [1.29, 1.82) is 0 Å². The molecule has 2 bridgehead atoms. The second-order valence-electron chi connectivity index (χ2n) is 19.5. The van der Waals surface area contributed by atoms with Crippen LogP contribution in [0, 0.1) is 35.5 Å². The molecular weight excluding hydrogens is 947 g/mol. The highest BCUT2D eigenvalue weighted by molar-refractivity contribution is 14.1. The predicted molar refractivity (Wildman–Crippen MR) is 257 cm³/mol. The number of Topliss-reactive ketones (excluding diaryl/α,β-unsaturated/α-hetero) is 2. The number of aliphatic hydroxyl groups is 4. The van der Waals surface area contributed by atoms with Gasteiger partial charge in [0.25, 0.3) is 11.7 Å². The standard InChI is InChI=1S/C50H77IN2O12/c1-29-15-11-10-12-16-30(2)41(55)27-37-20-18-35(7)50(61,65-37)47(58)48(59)53-22-14-13-17-39(53)49(60)64-42(32(4)25-36-19-21-40(54)43(26-36)62-8)28-38(52-51)31(3)24-34(6)45(57)46(63-9)44(56)33(5)23-29/h10-12,15-16,24,29,31-33,35-37,39-43,45-46,54-55,57,61H,13-14,17-23,25-28H2,1-9H3/b12-10+,15-11+,30-16+,34-24+,52-38?/t29-,31-,32-,33-,35-,36+,37+,39+,40-,41+,42+,43-,45-,46+,50-/m1/s1. The molecular formula is C50H77IN2O12. The molecule has 1 amide bonds. The van der Waals surface area contributed by atoms with Gasteiger partial charge in [0.05, 0.1) is 47.3 Å². The van der Waals surface area contributed by atoms with Gasteiger partial charge in [-0.05, 0) is 107 Å². The molecule has 366 valence electrons. The lowest BCUT2D eigenvalue weighted by atomic mass is 9.78. The Labute approximate surface area is 400 Å². The lowest BCUT2D eigenvalue weighted by molar-refractivity contribution is -0.265. The molecule has 0 radical (unpaired) electrons. The van der Waals surface area contributed by atoms with Crippen LogP contribution in [0.15, 0.2) is 50.8 Å². The zero-order valence-corrected chi connectivity index (χ0v) is 42.2. The van der Waals surface area contributed by atoms with Gasteiger partial charge in [-0.25, -0.2) is 8.00 Å². The van der Waals surface area contributed by atoms with E-state index in [2.05, 4.69) is 3.21 Å². The van der Waals surface area contributed by atoms with Crippen LogP contribution in [0.3, 0.4) is 0 Å². The number of carbonyl (C=O) groups excluding carboxylic acids is 4. The predicted octanol–water partition coefficient (Wildman–Crippen LogP) is 6.75. The van der Waals surface area contributed by atoms with Crippen molar-refractivity contribution in [3.63, 3.8) is 0 Å². The number of cyclic esters (lactones) is 1. The Morgan fingerprint density at radius 3 is 2.31 bits per heavy atom. The fraction of sp³-hybridized carbons (Fsp3) is 0.740. The Kier molecular flexibility index (Phi) is 21.7. The second-order valence-corrected chi connectivity index (χ2v) is 20.0. The molecule has 1 saturated carbocycles. The number of aliphatic hydroxyl groups excluding tert-OH is 3. The number of amides is 1. The monoisotopic (exact) mass is 1020 g/mol. The third-order valence-corrected chi connectivity index (χ3v) is 15.0. The van der Waals surface area contributed by atoms with Crippen LogP contribution in [0.1, 0.15) is 126 Å². The normalized spacial score (nSPS) is 41.0. The first-order valence-electron chi connectivity index (χ1n) is 23.7. The quantitative estimate of drug-likeness (QED) is 0.0979. The topological polar surface area (TPSA) is 202 Å². The average Bonchev–Trinajstić information content (AvgIpc) is 3.28. The first kappa shape index (κ1) is 55.0. The minimum atomic E-state index is -2.46. The molecule has 3 aliphatic heterocycles. The molecule has 3 heterocycles. The summed E-state index contributed by atoms with van der Waals surface area (Å²) in [6.45, 7) is 13.1. The van der Waals surface area contributed by atoms with Gasteiger partial charge in [0, 0.05) is 57.1 Å². The Morgan fingerprint density at radius 1 is 0.908 bits per heavy atom. The van der Waals surface area contributed by atoms with Crippen molar-refractivity contribution in [1.82, 2.24) is 4.90 Å². The number of allylic oxidation sites excluding steroid dienone is 6. The van der Waals surface area contributed by atoms with Crippen LogP contribution in [-0.4, -0.2) is 130 Å². The molecule has 0 aromatic heterocycles. The van der Waals surface area contributed by atoms with E-state index in [0.29, 0.717) is 68.2 Å². The van der Waals surface area contributed by atoms with Crippen molar-refractivity contribution in [3.8, 4) is 0 Å². The van der Waals surface area contributed by atoms with E-state index >= 15 is 0 Å². The van der Waals surface area contributed by atoms with Gasteiger partial charge in [-0.1, -0.05) is 71.1 Å². The number of nitrogens with zero attached hydrogens (tertiary/aromatic N) is 2. The maximum Gasteiger partial charge on any atom is 0.329 e. The number of halogens is 1. The molecule has 1 aliphatic carbocycles. The molecule has 14 nitrogen and oxygen atoms in total. The van der Waals surface area contributed by atoms with Crippen molar-refractivity contribution in [2.45, 2.75) is 180 Å². The smallest absolute Gasteiger partial charge is 0.329 e. The average molecular weight is 1030 g/mol. The van der Waals surface area contributed by atoms with Crippen LogP contribution in [-0.2, 0) is 38.1 Å². The Bertz CT molecular complexity index is 1780. The molecule has 15 atom stereocenters. The molecule has 2 saturated heterocycles. The Hall–Kier alpha value is -2.64. The first-order chi connectivity index (χ1) is 30.7. The van der Waals surface area contributed by atoms with E-state index in [9.17, 15) is 39.6 Å². The number of ether oxygens (including phenoxy) is 4. The number of fused-ring (bicyclic) bond motifs is 3. The molecule has 4 N–H and O–H groups in total. The van der Waals surface area contributed by atoms with Gasteiger partial charge in [-0.2, -0.15) is 0 Å². The van der Waals surface area contributed by atoms with E-state index in [1.807, 2.05) is 74.9 Å². The van der Waals surface area contributed by atoms with Gasteiger partial charge in [-0.3, -0.25) is 14.4 Å². The summed E-state index contributed by atoms with van der Waals surface area (Å²) in [5.74, 6) is -7.00. The summed E-state index contributed by atoms with van der Waals surface area (Å²) in [7, 11) is 3.01. The fourth-order valence-electron chi connectivity index (χ4n) is 9.97. The minimum Gasteiger partial charge on any atom is -0.460 e. The van der Waals surface area contributed by atoms with Crippen molar-refractivity contribution in [2.75, 3.05) is 20.8 Å². The van der Waals surface area contributed by atoms with Gasteiger partial charge >= 0.3 is 5.97 Å². The molecule has 0 aromatic carbocycles. The van der Waals surface area contributed by atoms with Crippen LogP contribution in [0.2, 0.25) is 0 Å². The van der Waals surface area contributed by atoms with Gasteiger partial charge < -0.3 is 44.3 Å². The van der Waals surface area contributed by atoms with E-state index in [1.54, 1.807) is 40.0 Å². The van der Waals surface area contributed by atoms with Gasteiger partial charge in [0.2, 0.25) is 5.79 Å². The second kappa shape index (κ2) is 25.6. The lowest BCUT2D eigenvalue weighted by Crippen LogP contribution is -2.61. The molecule has 65 heavy (non-hydrogen) atoms. The van der Waals surface area contributed by atoms with E-state index in [1.165, 1.54) is 12.0 Å². The number of ketones is 2. The number of hydrogen-bond acceptors (Lipinski definition) is 13. The molecule has 0 spiro atoms. The zero-order chi connectivity index (χ0) is 48.2. The summed E-state index contributed by atoms with van der Waals surface area (Å²) in [5, 5.41) is 45.1. The molecule has 0 unspecified atom stereocenters. The molecule has 3 fully saturated rings. The fourth-order valence-corrected chi connectivity index (χ4v) is 10.6. The van der Waals surface area contributed by atoms with Gasteiger partial charge in [0.1, 0.15) is 24.4 Å². The van der Waals surface area contributed by atoms with Crippen LogP contribution in [0.25, 0.3) is 0 Å². The van der Waals surface area contributed by atoms with Crippen molar-refractivity contribution < 1.29 is 58.6 Å². The molecule has 15 heteroatoms. The van der Waals surface area contributed by atoms with Crippen LogP contribution in [0.4, 0.5) is 0 Å². The number of piperidine rings is 1. The first-order valence-corrected chi connectivity index (χ1v) is 24.7. The zero-order valence-electron chi connectivity index (χ0n) is 40.1. The lowest BCUT2D eigenvalue weighted by Gasteiger charge is -2.42. The Morgan fingerprint density at radius 2 is 1.63 bits per heavy atom. The maximum absolute atomic E-state index is 14.5. The maximum atomic E-state index is 14.5. The summed E-state index contributed by atoms with van der Waals surface area (Å²) in [5.41, 5.74) is 1.83. The highest BCUT2D eigenvalue weighted by Crippen LogP contribution is 2.37. The summed E-state index contributed by atoms with van der Waals surface area (Å²) in [6.07, 6.45) is 11.3. The van der Waals surface area contributed by atoms with E-state index in [0.717, 1.165) is 6.42 Å². The third-order valence-electron chi connectivity index (χ3n) is 14.4. The van der Waals surface area contributed by atoms with Crippen LogP contribution in [0.5, 0.6) is 0 Å². The van der Waals surface area contributed by atoms with E-state index in [4.69, 9.17) is 18.9 Å². The number of rotatable bonds is 5. The third kappa shape index (κ3) is 14.7. The van der Waals surface area contributed by atoms with E-state index in [-0.39, 0.29) is 61.4 Å². The highest BCUT2D eigenvalue weighted by Gasteiger charge is 2.53. The van der Waals surface area contributed by atoms with Crippen molar-refractivity contribution in [3.05, 3.63) is 47.6 Å². The van der Waals surface area contributed by atoms with Gasteiger partial charge in [-0.15, -0.1) is 0 Å². The van der Waals surface area contributed by atoms with Gasteiger partial charge in [0.15, 0.2) is 5.78 Å². The number of esters is 1. The van der Waals surface area contributed by atoms with Crippen molar-refractivity contribution >= 4 is 52.0 Å². The Balaban J connectivity index is 1.72. The number of hydrogen-bond donors (Lipinski definition) is 4. The number of methoxy groups -OCH3 is 2. The molecule has 4 rings (SSSR count). The molecule has 0 aromatic rings. The highest BCUT2D eigenvalue weighted by atomic mass is 127. The van der Waals surface area contributed by atoms with E-state index < -0.39 is 77.9 Å². The minimum absolute atomic E-state index is 0.0227. The largest absolute Gasteiger partial charge is 0.460 e. The number of carbonyl (C=O) groups is 4.